The topological polar surface area (TPSA) is 74.8 Å². The first-order valence-corrected chi connectivity index (χ1v) is 9.04. The van der Waals surface area contributed by atoms with Crippen molar-refractivity contribution in [2.45, 2.75) is 66.0 Å². The molecule has 1 aromatic carbocycles. The van der Waals surface area contributed by atoms with Gasteiger partial charge in [0.1, 0.15) is 6.04 Å². The molecule has 0 bridgehead atoms. The smallest absolute Gasteiger partial charge is 0.322 e. The lowest BCUT2D eigenvalue weighted by Gasteiger charge is -2.21. The van der Waals surface area contributed by atoms with Crippen LogP contribution in [0, 0.1) is 5.92 Å². The summed E-state index contributed by atoms with van der Waals surface area (Å²) >= 11 is 0. The van der Waals surface area contributed by atoms with Crippen molar-refractivity contribution in [1.29, 1.82) is 0 Å². The predicted molar refractivity (Wildman–Crippen MR) is 101 cm³/mol. The average molecular weight is 349 g/mol. The molecule has 0 saturated carbocycles. The van der Waals surface area contributed by atoms with Gasteiger partial charge in [-0.05, 0) is 32.3 Å². The van der Waals surface area contributed by atoms with E-state index in [-0.39, 0.29) is 24.0 Å². The van der Waals surface area contributed by atoms with Gasteiger partial charge in [0.15, 0.2) is 6.54 Å². The fraction of sp³-hybridized carbons (Fsp3) is 0.600. The van der Waals surface area contributed by atoms with Gasteiger partial charge in [-0.1, -0.05) is 52.0 Å². The number of rotatable bonds is 6. The largest absolute Gasteiger partial charge is 0.333 e. The number of imide groups is 1. The van der Waals surface area contributed by atoms with Crippen LogP contribution in [0.25, 0.3) is 0 Å². The van der Waals surface area contributed by atoms with Crippen molar-refractivity contribution < 1.29 is 14.9 Å². The molecular weight excluding hydrogens is 314 g/mol. The Labute approximate surface area is 152 Å². The summed E-state index contributed by atoms with van der Waals surface area (Å²) in [5.74, 6) is 0.593. The molecule has 0 spiro atoms. The maximum Gasteiger partial charge on any atom is 0.322 e. The SMILES string of the molecule is CC(C)c1ccc([C@@H]([NH2+]CC(=O)NC(=O)NC(C)(C)C)C(C)C)cc1. The second-order valence-electron chi connectivity index (χ2n) is 8.28. The van der Waals surface area contributed by atoms with Crippen molar-refractivity contribution in [2.75, 3.05) is 6.54 Å². The molecule has 140 valence electrons. The Morgan fingerprint density at radius 3 is 1.96 bits per heavy atom. The van der Waals surface area contributed by atoms with Crippen molar-refractivity contribution in [2.24, 2.45) is 5.92 Å². The second kappa shape index (κ2) is 8.99. The first-order valence-electron chi connectivity index (χ1n) is 9.04. The van der Waals surface area contributed by atoms with E-state index in [1.54, 1.807) is 0 Å². The van der Waals surface area contributed by atoms with Crippen LogP contribution in [0.1, 0.15) is 71.6 Å². The van der Waals surface area contributed by atoms with Gasteiger partial charge in [0.05, 0.1) is 0 Å². The number of nitrogens with one attached hydrogen (secondary N) is 2. The summed E-state index contributed by atoms with van der Waals surface area (Å²) in [5, 5.41) is 7.10. The van der Waals surface area contributed by atoms with Crippen LogP contribution in [0.3, 0.4) is 0 Å². The zero-order valence-electron chi connectivity index (χ0n) is 16.6. The van der Waals surface area contributed by atoms with Gasteiger partial charge in [-0.15, -0.1) is 0 Å². The van der Waals surface area contributed by atoms with Gasteiger partial charge in [-0.25, -0.2) is 4.79 Å². The van der Waals surface area contributed by atoms with E-state index >= 15 is 0 Å². The van der Waals surface area contributed by atoms with Crippen LogP contribution < -0.4 is 16.0 Å². The van der Waals surface area contributed by atoms with E-state index in [0.717, 1.165) is 0 Å². The molecule has 0 aliphatic carbocycles. The van der Waals surface area contributed by atoms with Gasteiger partial charge < -0.3 is 10.6 Å². The molecule has 25 heavy (non-hydrogen) atoms. The molecule has 5 nitrogen and oxygen atoms in total. The molecule has 0 aromatic heterocycles. The summed E-state index contributed by atoms with van der Waals surface area (Å²) in [6.07, 6.45) is 0. The molecule has 1 rings (SSSR count). The highest BCUT2D eigenvalue weighted by Crippen LogP contribution is 2.21. The number of nitrogens with two attached hydrogens (primary N) is 1. The van der Waals surface area contributed by atoms with Crippen molar-refractivity contribution in [1.82, 2.24) is 10.6 Å². The number of carbonyl (C=O) groups excluding carboxylic acids is 2. The standard InChI is InChI=1S/C20H33N3O2/c1-13(2)15-8-10-16(11-9-15)18(14(3)4)21-12-17(24)22-19(25)23-20(5,6)7/h8-11,13-14,18,21H,12H2,1-7H3,(H2,22,23,24,25)/p+1/t18-/m0/s1. The highest BCUT2D eigenvalue weighted by atomic mass is 16.2. The van der Waals surface area contributed by atoms with E-state index in [9.17, 15) is 9.59 Å². The van der Waals surface area contributed by atoms with Crippen molar-refractivity contribution in [3.05, 3.63) is 35.4 Å². The van der Waals surface area contributed by atoms with Crippen LogP contribution >= 0.6 is 0 Å². The van der Waals surface area contributed by atoms with Gasteiger partial charge in [0.2, 0.25) is 0 Å². The van der Waals surface area contributed by atoms with Crippen LogP contribution in [-0.4, -0.2) is 24.0 Å². The Morgan fingerprint density at radius 1 is 1.00 bits per heavy atom. The minimum absolute atomic E-state index is 0.178. The highest BCUT2D eigenvalue weighted by molar-refractivity contribution is 5.94. The molecule has 5 heteroatoms. The lowest BCUT2D eigenvalue weighted by molar-refractivity contribution is -0.692. The third-order valence-electron chi connectivity index (χ3n) is 4.00. The Bertz CT molecular complexity index is 572. The first kappa shape index (κ1) is 21.2. The zero-order valence-corrected chi connectivity index (χ0v) is 16.6. The summed E-state index contributed by atoms with van der Waals surface area (Å²) in [5.41, 5.74) is 2.14. The molecule has 0 unspecified atom stereocenters. The van der Waals surface area contributed by atoms with Crippen LogP contribution in [0.15, 0.2) is 24.3 Å². The van der Waals surface area contributed by atoms with Gasteiger partial charge in [0, 0.05) is 17.0 Å². The number of carbonyl (C=O) groups is 2. The lowest BCUT2D eigenvalue weighted by atomic mass is 9.93. The quantitative estimate of drug-likeness (QED) is 0.739. The van der Waals surface area contributed by atoms with E-state index in [4.69, 9.17) is 0 Å². The molecule has 0 radical (unpaired) electrons. The van der Waals surface area contributed by atoms with Crippen LogP contribution in [-0.2, 0) is 4.79 Å². The minimum atomic E-state index is -0.451. The molecule has 0 fully saturated rings. The summed E-state index contributed by atoms with van der Waals surface area (Å²) in [4.78, 5) is 23.8. The Morgan fingerprint density at radius 2 is 1.52 bits per heavy atom. The summed E-state index contributed by atoms with van der Waals surface area (Å²) in [6.45, 7) is 14.5. The minimum Gasteiger partial charge on any atom is -0.333 e. The number of hydrogen-bond acceptors (Lipinski definition) is 2. The first-order chi connectivity index (χ1) is 11.5. The molecule has 0 heterocycles. The number of amides is 3. The molecule has 3 amide bonds. The van der Waals surface area contributed by atoms with Gasteiger partial charge in [-0.2, -0.15) is 0 Å². The van der Waals surface area contributed by atoms with Gasteiger partial charge in [0.25, 0.3) is 5.91 Å². The molecule has 1 aromatic rings. The van der Waals surface area contributed by atoms with Crippen LogP contribution in [0.5, 0.6) is 0 Å². The summed E-state index contributed by atoms with van der Waals surface area (Å²) < 4.78 is 0. The van der Waals surface area contributed by atoms with E-state index < -0.39 is 6.03 Å². The number of urea groups is 1. The number of hydrogen-bond donors (Lipinski definition) is 3. The maximum absolute atomic E-state index is 12.0. The Kier molecular flexibility index (Phi) is 7.61. The fourth-order valence-corrected chi connectivity index (χ4v) is 2.68. The van der Waals surface area contributed by atoms with Crippen LogP contribution in [0.2, 0.25) is 0 Å². The predicted octanol–water partition coefficient (Wildman–Crippen LogP) is 2.69. The molecule has 1 atom stereocenters. The Balaban J connectivity index is 2.64. The summed E-state index contributed by atoms with van der Waals surface area (Å²) in [6, 6.07) is 8.31. The molecule has 4 N–H and O–H groups in total. The van der Waals surface area contributed by atoms with E-state index in [0.29, 0.717) is 11.8 Å². The number of benzene rings is 1. The van der Waals surface area contributed by atoms with Crippen molar-refractivity contribution >= 4 is 11.9 Å². The normalized spacial score (nSPS) is 13.0. The lowest BCUT2D eigenvalue weighted by Crippen LogP contribution is -2.88. The maximum atomic E-state index is 12.0. The van der Waals surface area contributed by atoms with E-state index in [1.807, 2.05) is 26.1 Å². The molecule has 0 aliphatic rings. The third-order valence-corrected chi connectivity index (χ3v) is 4.00. The van der Waals surface area contributed by atoms with Gasteiger partial charge >= 0.3 is 6.03 Å². The van der Waals surface area contributed by atoms with Crippen LogP contribution in [0.4, 0.5) is 4.79 Å². The molecule has 0 saturated heterocycles. The average Bonchev–Trinajstić information content (AvgIpc) is 2.45. The third kappa shape index (κ3) is 7.69. The summed E-state index contributed by atoms with van der Waals surface area (Å²) in [7, 11) is 0. The van der Waals surface area contributed by atoms with E-state index in [1.165, 1.54) is 11.1 Å². The van der Waals surface area contributed by atoms with Gasteiger partial charge in [-0.3, -0.25) is 10.1 Å². The van der Waals surface area contributed by atoms with Crippen molar-refractivity contribution in [3.8, 4) is 0 Å². The molecular formula is C20H34N3O2+. The molecule has 0 aliphatic heterocycles. The monoisotopic (exact) mass is 348 g/mol. The fourth-order valence-electron chi connectivity index (χ4n) is 2.68. The Hall–Kier alpha value is -1.88. The zero-order chi connectivity index (χ0) is 19.2. The van der Waals surface area contributed by atoms with Crippen molar-refractivity contribution in [3.63, 3.8) is 0 Å². The second-order valence-corrected chi connectivity index (χ2v) is 8.28. The van der Waals surface area contributed by atoms with E-state index in [2.05, 4.69) is 62.6 Å². The highest BCUT2D eigenvalue weighted by Gasteiger charge is 2.22. The number of quaternary nitrogens is 1.